The molecule has 0 fully saturated rings. The van der Waals surface area contributed by atoms with Crippen LogP contribution in [0.2, 0.25) is 0 Å². The van der Waals surface area contributed by atoms with Gasteiger partial charge in [0.25, 0.3) is 11.8 Å². The van der Waals surface area contributed by atoms with E-state index in [-0.39, 0.29) is 11.8 Å². The molecule has 1 heterocycles. The molecule has 1 aromatic carbocycles. The number of imide groups is 1. The zero-order chi connectivity index (χ0) is 13.1. The Morgan fingerprint density at radius 3 is 2.17 bits per heavy atom. The van der Waals surface area contributed by atoms with Crippen molar-refractivity contribution in [2.45, 2.75) is 19.3 Å². The molecule has 2 rings (SSSR count). The van der Waals surface area contributed by atoms with Gasteiger partial charge in [0.15, 0.2) is 0 Å². The summed E-state index contributed by atoms with van der Waals surface area (Å²) in [7, 11) is 0. The predicted octanol–water partition coefficient (Wildman–Crippen LogP) is 1.74. The van der Waals surface area contributed by atoms with Gasteiger partial charge in [-0.25, -0.2) is 0 Å². The van der Waals surface area contributed by atoms with E-state index < -0.39 is 0 Å². The summed E-state index contributed by atoms with van der Waals surface area (Å²) >= 11 is 4.78. The van der Waals surface area contributed by atoms with Crippen LogP contribution in [0.1, 0.15) is 40.0 Å². The molecule has 4 nitrogen and oxygen atoms in total. The van der Waals surface area contributed by atoms with Gasteiger partial charge in [-0.2, -0.15) is 0 Å². The number of carbonyl (C=O) groups excluding carboxylic acids is 2. The summed E-state index contributed by atoms with van der Waals surface area (Å²) in [5, 5.41) is 0. The summed E-state index contributed by atoms with van der Waals surface area (Å²) in [5.74, 6) is -0.406. The molecule has 2 N–H and O–H groups in total. The van der Waals surface area contributed by atoms with Crippen molar-refractivity contribution in [1.29, 1.82) is 0 Å². The van der Waals surface area contributed by atoms with Crippen molar-refractivity contribution >= 4 is 29.0 Å². The number of amides is 2. The Morgan fingerprint density at radius 1 is 1.11 bits per heavy atom. The second kappa shape index (κ2) is 5.27. The zero-order valence-electron chi connectivity index (χ0n) is 9.89. The Bertz CT molecular complexity index is 478. The molecule has 0 spiro atoms. The molecule has 1 aromatic rings. The van der Waals surface area contributed by atoms with Gasteiger partial charge in [0.1, 0.15) is 0 Å². The number of unbranched alkanes of at least 4 members (excludes halogenated alkanes) is 1. The van der Waals surface area contributed by atoms with Gasteiger partial charge in [0, 0.05) is 6.54 Å². The van der Waals surface area contributed by atoms with Gasteiger partial charge in [0.05, 0.1) is 16.1 Å². The van der Waals surface area contributed by atoms with Gasteiger partial charge in [-0.1, -0.05) is 24.4 Å². The fraction of sp³-hybridized carbons (Fsp3) is 0.308. The van der Waals surface area contributed by atoms with Crippen LogP contribution in [0.25, 0.3) is 0 Å². The van der Waals surface area contributed by atoms with E-state index in [9.17, 15) is 9.59 Å². The molecule has 0 aromatic heterocycles. The van der Waals surface area contributed by atoms with Crippen molar-refractivity contribution in [3.63, 3.8) is 0 Å². The molecule has 94 valence electrons. The third kappa shape index (κ3) is 2.41. The van der Waals surface area contributed by atoms with E-state index in [1.54, 1.807) is 24.3 Å². The molecule has 0 bridgehead atoms. The SMILES string of the molecule is NC(=S)CCCCN1C(=O)c2ccccc2C1=O. The largest absolute Gasteiger partial charge is 0.393 e. The maximum Gasteiger partial charge on any atom is 0.261 e. The summed E-state index contributed by atoms with van der Waals surface area (Å²) in [6, 6.07) is 6.90. The van der Waals surface area contributed by atoms with Crippen LogP contribution in [0.3, 0.4) is 0 Å². The Balaban J connectivity index is 1.99. The highest BCUT2D eigenvalue weighted by Gasteiger charge is 2.34. The Kier molecular flexibility index (Phi) is 3.72. The Hall–Kier alpha value is -1.75. The summed E-state index contributed by atoms with van der Waals surface area (Å²) < 4.78 is 0. The molecule has 0 atom stereocenters. The number of thiocarbonyl (C=S) groups is 1. The molecule has 0 unspecified atom stereocenters. The first kappa shape index (κ1) is 12.7. The average molecular weight is 262 g/mol. The zero-order valence-corrected chi connectivity index (χ0v) is 10.7. The van der Waals surface area contributed by atoms with Crippen LogP contribution in [0.5, 0.6) is 0 Å². The minimum atomic E-state index is -0.203. The molecule has 0 radical (unpaired) electrons. The van der Waals surface area contributed by atoms with Gasteiger partial charge in [-0.3, -0.25) is 14.5 Å². The first-order valence-corrected chi connectivity index (χ1v) is 6.25. The van der Waals surface area contributed by atoms with Gasteiger partial charge < -0.3 is 5.73 Å². The van der Waals surface area contributed by atoms with Crippen LogP contribution in [-0.2, 0) is 0 Å². The lowest BCUT2D eigenvalue weighted by atomic mass is 10.1. The summed E-state index contributed by atoms with van der Waals surface area (Å²) in [5.41, 5.74) is 6.39. The van der Waals surface area contributed by atoms with Crippen LogP contribution in [0.15, 0.2) is 24.3 Å². The molecule has 5 heteroatoms. The van der Waals surface area contributed by atoms with E-state index in [0.29, 0.717) is 29.1 Å². The molecule has 0 aliphatic carbocycles. The molecular formula is C13H14N2O2S. The van der Waals surface area contributed by atoms with Crippen molar-refractivity contribution in [2.24, 2.45) is 5.73 Å². The molecular weight excluding hydrogens is 248 g/mol. The van der Waals surface area contributed by atoms with Crippen molar-refractivity contribution < 1.29 is 9.59 Å². The van der Waals surface area contributed by atoms with Gasteiger partial charge in [0.2, 0.25) is 0 Å². The Labute approximate surface area is 111 Å². The molecule has 1 aliphatic rings. The molecule has 0 saturated heterocycles. The predicted molar refractivity (Wildman–Crippen MR) is 72.4 cm³/mol. The maximum atomic E-state index is 12.0. The normalized spacial score (nSPS) is 13.9. The average Bonchev–Trinajstić information content (AvgIpc) is 2.59. The standard InChI is InChI=1S/C13H14N2O2S/c14-11(18)7-3-4-8-15-12(16)9-5-1-2-6-10(9)13(15)17/h1-2,5-6H,3-4,7-8H2,(H2,14,18). The second-order valence-electron chi connectivity index (χ2n) is 4.23. The number of hydrogen-bond acceptors (Lipinski definition) is 3. The van der Waals surface area contributed by atoms with E-state index >= 15 is 0 Å². The number of carbonyl (C=O) groups is 2. The molecule has 1 aliphatic heterocycles. The monoisotopic (exact) mass is 262 g/mol. The van der Waals surface area contributed by atoms with Crippen LogP contribution >= 0.6 is 12.2 Å². The van der Waals surface area contributed by atoms with Crippen LogP contribution in [0.4, 0.5) is 0 Å². The number of benzene rings is 1. The fourth-order valence-electron chi connectivity index (χ4n) is 2.01. The minimum absolute atomic E-state index is 0.203. The first-order valence-electron chi connectivity index (χ1n) is 5.85. The number of fused-ring (bicyclic) bond motifs is 1. The van der Waals surface area contributed by atoms with Crippen molar-refractivity contribution in [2.75, 3.05) is 6.54 Å². The van der Waals surface area contributed by atoms with Crippen LogP contribution < -0.4 is 5.73 Å². The lowest BCUT2D eigenvalue weighted by Crippen LogP contribution is -2.30. The summed E-state index contributed by atoms with van der Waals surface area (Å²) in [6.45, 7) is 0.426. The second-order valence-corrected chi connectivity index (χ2v) is 4.76. The van der Waals surface area contributed by atoms with E-state index in [2.05, 4.69) is 0 Å². The van der Waals surface area contributed by atoms with Crippen molar-refractivity contribution in [1.82, 2.24) is 4.90 Å². The minimum Gasteiger partial charge on any atom is -0.393 e. The fourth-order valence-corrected chi connectivity index (χ4v) is 2.16. The quantitative estimate of drug-likeness (QED) is 0.499. The molecule has 0 saturated carbocycles. The number of nitrogens with zero attached hydrogens (tertiary/aromatic N) is 1. The van der Waals surface area contributed by atoms with E-state index in [1.807, 2.05) is 0 Å². The van der Waals surface area contributed by atoms with Gasteiger partial charge in [-0.05, 0) is 31.4 Å². The number of hydrogen-bond donors (Lipinski definition) is 1. The molecule has 18 heavy (non-hydrogen) atoms. The number of nitrogens with two attached hydrogens (primary N) is 1. The van der Waals surface area contributed by atoms with Gasteiger partial charge >= 0.3 is 0 Å². The topological polar surface area (TPSA) is 63.4 Å². The summed E-state index contributed by atoms with van der Waals surface area (Å²) in [4.78, 5) is 25.7. The highest BCUT2D eigenvalue weighted by atomic mass is 32.1. The highest BCUT2D eigenvalue weighted by molar-refractivity contribution is 7.80. The van der Waals surface area contributed by atoms with Crippen molar-refractivity contribution in [3.05, 3.63) is 35.4 Å². The summed E-state index contributed by atoms with van der Waals surface area (Å²) in [6.07, 6.45) is 2.17. The lowest BCUT2D eigenvalue weighted by molar-refractivity contribution is 0.0652. The highest BCUT2D eigenvalue weighted by Crippen LogP contribution is 2.22. The van der Waals surface area contributed by atoms with E-state index in [4.69, 9.17) is 18.0 Å². The Morgan fingerprint density at radius 2 is 1.67 bits per heavy atom. The molecule has 2 amide bonds. The number of rotatable bonds is 5. The van der Waals surface area contributed by atoms with E-state index in [1.165, 1.54) is 4.90 Å². The lowest BCUT2D eigenvalue weighted by Gasteiger charge is -2.13. The third-order valence-corrected chi connectivity index (χ3v) is 3.14. The van der Waals surface area contributed by atoms with Crippen molar-refractivity contribution in [3.8, 4) is 0 Å². The van der Waals surface area contributed by atoms with E-state index in [0.717, 1.165) is 12.8 Å². The van der Waals surface area contributed by atoms with Crippen LogP contribution in [-0.4, -0.2) is 28.2 Å². The maximum absolute atomic E-state index is 12.0. The first-order chi connectivity index (χ1) is 8.61. The smallest absolute Gasteiger partial charge is 0.261 e. The third-order valence-electron chi connectivity index (χ3n) is 2.93. The van der Waals surface area contributed by atoms with Gasteiger partial charge in [-0.15, -0.1) is 0 Å². The van der Waals surface area contributed by atoms with Crippen LogP contribution in [0, 0.1) is 0 Å².